The summed E-state index contributed by atoms with van der Waals surface area (Å²) in [5.41, 5.74) is 0.221. The van der Waals surface area contributed by atoms with Crippen LogP contribution in [0.4, 0.5) is 14.5 Å². The highest BCUT2D eigenvalue weighted by atomic mass is 32.2. The van der Waals surface area contributed by atoms with Crippen LogP contribution in [-0.4, -0.2) is 36.2 Å². The van der Waals surface area contributed by atoms with E-state index in [0.29, 0.717) is 0 Å². The minimum absolute atomic E-state index is 0.0435. The predicted octanol–water partition coefficient (Wildman–Crippen LogP) is 4.03. The number of hydrogen-bond donors (Lipinski definition) is 0. The summed E-state index contributed by atoms with van der Waals surface area (Å²) in [6.45, 7) is -0.180. The number of nitrogens with zero attached hydrogens (tertiary/aromatic N) is 1. The summed E-state index contributed by atoms with van der Waals surface area (Å²) in [7, 11) is -6.52. The second-order valence-electron chi connectivity index (χ2n) is 6.83. The van der Waals surface area contributed by atoms with Crippen LogP contribution in [0.15, 0.2) is 82.6 Å². The molecule has 0 aromatic heterocycles. The van der Waals surface area contributed by atoms with Crippen LogP contribution in [0.5, 0.6) is 5.75 Å². The van der Waals surface area contributed by atoms with Crippen molar-refractivity contribution in [3.63, 3.8) is 0 Å². The molecule has 10 heteroatoms. The van der Waals surface area contributed by atoms with Crippen molar-refractivity contribution in [2.24, 2.45) is 0 Å². The Balaban J connectivity index is 1.91. The van der Waals surface area contributed by atoms with E-state index < -0.39 is 31.5 Å². The molecule has 0 aliphatic carbocycles. The molecule has 0 N–H and O–H groups in total. The smallest absolute Gasteiger partial charge is 0.264 e. The van der Waals surface area contributed by atoms with Gasteiger partial charge in [-0.05, 0) is 67.1 Å². The SMILES string of the molecule is COc1ccccc1N(CCCS(=O)(=O)c1ccc(F)cc1)S(=O)(=O)c1ccc(F)cc1. The zero-order chi connectivity index (χ0) is 23.4. The van der Waals surface area contributed by atoms with Crippen molar-refractivity contribution < 1.29 is 30.4 Å². The van der Waals surface area contributed by atoms with Crippen molar-refractivity contribution in [1.29, 1.82) is 0 Å². The quantitative estimate of drug-likeness (QED) is 0.431. The van der Waals surface area contributed by atoms with Gasteiger partial charge >= 0.3 is 0 Å². The lowest BCUT2D eigenvalue weighted by Gasteiger charge is -2.26. The molecule has 0 unspecified atom stereocenters. The van der Waals surface area contributed by atoms with Gasteiger partial charge in [0.15, 0.2) is 9.84 Å². The minimum Gasteiger partial charge on any atom is -0.495 e. The van der Waals surface area contributed by atoms with Crippen molar-refractivity contribution >= 4 is 25.5 Å². The Morgan fingerprint density at radius 2 is 1.31 bits per heavy atom. The third-order valence-corrected chi connectivity index (χ3v) is 8.35. The van der Waals surface area contributed by atoms with Crippen molar-refractivity contribution in [2.45, 2.75) is 16.2 Å². The molecule has 3 rings (SSSR count). The molecule has 3 aromatic carbocycles. The molecule has 0 radical (unpaired) electrons. The van der Waals surface area contributed by atoms with Gasteiger partial charge in [-0.25, -0.2) is 25.6 Å². The van der Waals surface area contributed by atoms with Crippen molar-refractivity contribution in [1.82, 2.24) is 0 Å². The molecule has 0 spiro atoms. The predicted molar refractivity (Wildman–Crippen MR) is 117 cm³/mol. The monoisotopic (exact) mass is 481 g/mol. The first-order valence-electron chi connectivity index (χ1n) is 9.55. The lowest BCUT2D eigenvalue weighted by Crippen LogP contribution is -2.33. The number of methoxy groups -OCH3 is 1. The van der Waals surface area contributed by atoms with E-state index in [0.717, 1.165) is 52.8 Å². The van der Waals surface area contributed by atoms with Crippen LogP contribution in [0, 0.1) is 11.6 Å². The Bertz CT molecular complexity index is 1280. The summed E-state index contributed by atoms with van der Waals surface area (Å²) in [5.74, 6) is -1.22. The Labute approximate surface area is 186 Å². The maximum absolute atomic E-state index is 13.3. The standard InChI is InChI=1S/C22H21F2NO5S2/c1-30-22-6-3-2-5-21(22)25(32(28,29)20-13-9-18(24)10-14-20)15-4-16-31(26,27)19-11-7-17(23)8-12-19/h2-3,5-14H,4,15-16H2,1H3. The highest BCUT2D eigenvalue weighted by Crippen LogP contribution is 2.32. The molecule has 0 aliphatic heterocycles. The van der Waals surface area contributed by atoms with Gasteiger partial charge in [-0.15, -0.1) is 0 Å². The second-order valence-corrected chi connectivity index (χ2v) is 10.8. The summed E-state index contributed by atoms with van der Waals surface area (Å²) in [6.07, 6.45) is -0.0435. The Kier molecular flexibility index (Phi) is 7.15. The van der Waals surface area contributed by atoms with E-state index in [4.69, 9.17) is 4.74 Å². The van der Waals surface area contributed by atoms with Gasteiger partial charge in [0, 0.05) is 6.54 Å². The summed E-state index contributed by atoms with van der Waals surface area (Å²) < 4.78 is 84.6. The maximum Gasteiger partial charge on any atom is 0.264 e. The first-order valence-corrected chi connectivity index (χ1v) is 12.6. The molecule has 0 saturated heterocycles. The highest BCUT2D eigenvalue weighted by molar-refractivity contribution is 7.93. The molecule has 0 atom stereocenters. The number of benzene rings is 3. The second kappa shape index (κ2) is 9.66. The third-order valence-electron chi connectivity index (χ3n) is 4.70. The van der Waals surface area contributed by atoms with Crippen molar-refractivity contribution in [2.75, 3.05) is 23.7 Å². The Morgan fingerprint density at radius 3 is 1.88 bits per heavy atom. The lowest BCUT2D eigenvalue weighted by atomic mass is 10.3. The number of halogens is 2. The van der Waals surface area contributed by atoms with Crippen LogP contribution in [0.2, 0.25) is 0 Å². The molecular weight excluding hydrogens is 460 g/mol. The molecule has 32 heavy (non-hydrogen) atoms. The van der Waals surface area contributed by atoms with Gasteiger partial charge in [-0.2, -0.15) is 0 Å². The number of sulfone groups is 1. The van der Waals surface area contributed by atoms with E-state index in [2.05, 4.69) is 0 Å². The van der Waals surface area contributed by atoms with Crippen LogP contribution >= 0.6 is 0 Å². The Morgan fingerprint density at radius 1 is 0.781 bits per heavy atom. The van der Waals surface area contributed by atoms with Crippen LogP contribution in [-0.2, 0) is 19.9 Å². The zero-order valence-electron chi connectivity index (χ0n) is 17.1. The summed E-state index contributed by atoms with van der Waals surface area (Å²) in [5, 5.41) is 0. The largest absolute Gasteiger partial charge is 0.495 e. The van der Waals surface area contributed by atoms with Gasteiger partial charge < -0.3 is 4.74 Å². The molecule has 170 valence electrons. The number of hydrogen-bond acceptors (Lipinski definition) is 5. The van der Waals surface area contributed by atoms with Gasteiger partial charge in [-0.1, -0.05) is 12.1 Å². The topological polar surface area (TPSA) is 80.8 Å². The number of para-hydroxylation sites is 2. The normalized spacial score (nSPS) is 11.8. The first-order chi connectivity index (χ1) is 15.1. The molecule has 0 fully saturated rings. The molecular formula is C22H21F2NO5S2. The average molecular weight is 482 g/mol. The van der Waals surface area contributed by atoms with Crippen LogP contribution in [0.3, 0.4) is 0 Å². The number of anilines is 1. The van der Waals surface area contributed by atoms with E-state index in [9.17, 15) is 25.6 Å². The van der Waals surface area contributed by atoms with Crippen LogP contribution in [0.1, 0.15) is 6.42 Å². The maximum atomic E-state index is 13.3. The molecule has 3 aromatic rings. The highest BCUT2D eigenvalue weighted by Gasteiger charge is 2.28. The summed E-state index contributed by atoms with van der Waals surface area (Å²) in [6, 6.07) is 15.2. The van der Waals surface area contributed by atoms with E-state index in [1.165, 1.54) is 13.2 Å². The van der Waals surface area contributed by atoms with Gasteiger partial charge in [0.1, 0.15) is 17.4 Å². The molecule has 6 nitrogen and oxygen atoms in total. The van der Waals surface area contributed by atoms with Crippen LogP contribution < -0.4 is 9.04 Å². The first kappa shape index (κ1) is 23.7. The van der Waals surface area contributed by atoms with Crippen LogP contribution in [0.25, 0.3) is 0 Å². The molecule has 0 bridgehead atoms. The summed E-state index contributed by atoms with van der Waals surface area (Å²) in [4.78, 5) is -0.199. The Hall–Kier alpha value is -2.98. The fraction of sp³-hybridized carbons (Fsp3) is 0.182. The van der Waals surface area contributed by atoms with Gasteiger partial charge in [0.2, 0.25) is 0 Å². The van der Waals surface area contributed by atoms with Crippen molar-refractivity contribution in [3.05, 3.63) is 84.4 Å². The van der Waals surface area contributed by atoms with Gasteiger partial charge in [0.05, 0.1) is 28.3 Å². The molecule has 0 amide bonds. The molecule has 0 saturated carbocycles. The van der Waals surface area contributed by atoms with E-state index in [-0.39, 0.29) is 39.9 Å². The zero-order valence-corrected chi connectivity index (χ0v) is 18.7. The van der Waals surface area contributed by atoms with E-state index in [1.807, 2.05) is 0 Å². The fourth-order valence-corrected chi connectivity index (χ4v) is 5.91. The summed E-state index contributed by atoms with van der Waals surface area (Å²) >= 11 is 0. The molecule has 0 aliphatic rings. The minimum atomic E-state index is -4.15. The number of sulfonamides is 1. The van der Waals surface area contributed by atoms with Crippen molar-refractivity contribution in [3.8, 4) is 5.75 Å². The fourth-order valence-electron chi connectivity index (χ4n) is 3.10. The van der Waals surface area contributed by atoms with E-state index >= 15 is 0 Å². The van der Waals surface area contributed by atoms with Gasteiger partial charge in [-0.3, -0.25) is 4.31 Å². The molecule has 0 heterocycles. The third kappa shape index (κ3) is 5.25. The van der Waals surface area contributed by atoms with Gasteiger partial charge in [0.25, 0.3) is 10.0 Å². The number of ether oxygens (including phenoxy) is 1. The lowest BCUT2D eigenvalue weighted by molar-refractivity contribution is 0.415. The van der Waals surface area contributed by atoms with E-state index in [1.54, 1.807) is 18.2 Å². The number of rotatable bonds is 9. The average Bonchev–Trinajstić information content (AvgIpc) is 2.77.